The van der Waals surface area contributed by atoms with Crippen LogP contribution in [-0.2, 0) is 17.7 Å². The topological polar surface area (TPSA) is 40.2 Å². The average molecular weight is 405 g/mol. The molecule has 0 amide bonds. The highest BCUT2D eigenvalue weighted by atomic mass is 16.5. The van der Waals surface area contributed by atoms with E-state index in [9.17, 15) is 0 Å². The van der Waals surface area contributed by atoms with Crippen molar-refractivity contribution in [2.45, 2.75) is 25.4 Å². The predicted molar refractivity (Wildman–Crippen MR) is 119 cm³/mol. The molecule has 1 atom stereocenters. The molecule has 2 heterocycles. The third-order valence-electron chi connectivity index (χ3n) is 6.61. The van der Waals surface area contributed by atoms with Crippen LogP contribution in [0.1, 0.15) is 17.5 Å². The molecule has 156 valence electrons. The largest absolute Gasteiger partial charge is 0.500 e. The van der Waals surface area contributed by atoms with Crippen molar-refractivity contribution >= 4 is 21.5 Å². The highest BCUT2D eigenvalue weighted by Crippen LogP contribution is 2.44. The van der Waals surface area contributed by atoms with E-state index in [1.807, 2.05) is 0 Å². The van der Waals surface area contributed by atoms with E-state index >= 15 is 0 Å². The third-order valence-corrected chi connectivity index (χ3v) is 6.61. The SMILES string of the molecule is COC1=CC[C@@H]2Cc3c(c4ccc(OC)cc4c4cc(OC)c(OC)cc34)CN2C1. The summed E-state index contributed by atoms with van der Waals surface area (Å²) in [6.07, 6.45) is 4.26. The van der Waals surface area contributed by atoms with Crippen LogP contribution in [0, 0.1) is 0 Å². The molecule has 0 aromatic heterocycles. The Morgan fingerprint density at radius 1 is 0.733 bits per heavy atom. The number of rotatable bonds is 4. The summed E-state index contributed by atoms with van der Waals surface area (Å²) >= 11 is 0. The fourth-order valence-corrected chi connectivity index (χ4v) is 5.02. The Morgan fingerprint density at radius 3 is 2.17 bits per heavy atom. The van der Waals surface area contributed by atoms with E-state index in [1.54, 1.807) is 28.4 Å². The van der Waals surface area contributed by atoms with Crippen molar-refractivity contribution in [3.63, 3.8) is 0 Å². The average Bonchev–Trinajstić information content (AvgIpc) is 2.81. The number of methoxy groups -OCH3 is 4. The maximum absolute atomic E-state index is 5.64. The van der Waals surface area contributed by atoms with Gasteiger partial charge in [0.1, 0.15) is 11.5 Å². The Labute approximate surface area is 176 Å². The standard InChI is InChI=1S/C25H27NO4/c1-27-16-7-8-18-20(10-16)22-12-25(30-4)24(29-3)11-21(22)19-9-15-5-6-17(28-2)13-26(15)14-23(18)19/h6-8,10-12,15H,5,9,13-14H2,1-4H3/t15-/m1/s1. The van der Waals surface area contributed by atoms with E-state index in [-0.39, 0.29) is 0 Å². The monoisotopic (exact) mass is 405 g/mol. The van der Waals surface area contributed by atoms with Crippen molar-refractivity contribution in [2.75, 3.05) is 35.0 Å². The Bertz CT molecular complexity index is 1170. The summed E-state index contributed by atoms with van der Waals surface area (Å²) in [5.74, 6) is 3.43. The highest BCUT2D eigenvalue weighted by Gasteiger charge is 2.32. The fourth-order valence-electron chi connectivity index (χ4n) is 5.02. The third kappa shape index (κ3) is 2.88. The van der Waals surface area contributed by atoms with Gasteiger partial charge in [0.25, 0.3) is 0 Å². The molecular formula is C25H27NO4. The van der Waals surface area contributed by atoms with Gasteiger partial charge in [0.15, 0.2) is 11.5 Å². The van der Waals surface area contributed by atoms with E-state index in [2.05, 4.69) is 41.3 Å². The smallest absolute Gasteiger partial charge is 0.161 e. The van der Waals surface area contributed by atoms with Crippen molar-refractivity contribution < 1.29 is 18.9 Å². The van der Waals surface area contributed by atoms with Crippen LogP contribution in [0.2, 0.25) is 0 Å². The number of hydrogen-bond donors (Lipinski definition) is 0. The first-order valence-corrected chi connectivity index (χ1v) is 10.3. The molecule has 2 aliphatic heterocycles. The summed E-state index contributed by atoms with van der Waals surface area (Å²) < 4.78 is 22.3. The minimum absolute atomic E-state index is 0.489. The summed E-state index contributed by atoms with van der Waals surface area (Å²) in [7, 11) is 6.85. The second kappa shape index (κ2) is 7.40. The van der Waals surface area contributed by atoms with E-state index in [4.69, 9.17) is 18.9 Å². The predicted octanol–water partition coefficient (Wildman–Crippen LogP) is 4.68. The highest BCUT2D eigenvalue weighted by molar-refractivity contribution is 6.12. The Kier molecular flexibility index (Phi) is 4.70. The second-order valence-corrected chi connectivity index (χ2v) is 7.99. The summed E-state index contributed by atoms with van der Waals surface area (Å²) in [5, 5.41) is 4.88. The molecule has 5 nitrogen and oxygen atoms in total. The first-order chi connectivity index (χ1) is 14.7. The lowest BCUT2D eigenvalue weighted by molar-refractivity contribution is 0.134. The molecule has 0 saturated heterocycles. The van der Waals surface area contributed by atoms with Crippen LogP contribution in [0.25, 0.3) is 21.5 Å². The van der Waals surface area contributed by atoms with Gasteiger partial charge in [0, 0.05) is 12.6 Å². The minimum Gasteiger partial charge on any atom is -0.500 e. The maximum Gasteiger partial charge on any atom is 0.161 e. The Morgan fingerprint density at radius 2 is 1.47 bits per heavy atom. The van der Waals surface area contributed by atoms with Gasteiger partial charge in [-0.05, 0) is 75.9 Å². The van der Waals surface area contributed by atoms with Crippen molar-refractivity contribution in [1.82, 2.24) is 4.90 Å². The van der Waals surface area contributed by atoms with Crippen molar-refractivity contribution in [3.05, 3.63) is 53.3 Å². The van der Waals surface area contributed by atoms with Gasteiger partial charge < -0.3 is 18.9 Å². The molecule has 0 fully saturated rings. The molecule has 0 radical (unpaired) electrons. The molecule has 3 aromatic carbocycles. The Hall–Kier alpha value is -2.92. The fraction of sp³-hybridized carbons (Fsp3) is 0.360. The van der Waals surface area contributed by atoms with Crippen LogP contribution < -0.4 is 14.2 Å². The lowest BCUT2D eigenvalue weighted by Crippen LogP contribution is -2.43. The van der Waals surface area contributed by atoms with Crippen molar-refractivity contribution in [1.29, 1.82) is 0 Å². The van der Waals surface area contributed by atoms with Gasteiger partial charge in [-0.3, -0.25) is 4.90 Å². The minimum atomic E-state index is 0.489. The number of hydrogen-bond acceptors (Lipinski definition) is 5. The van der Waals surface area contributed by atoms with Crippen molar-refractivity contribution in [3.8, 4) is 17.2 Å². The van der Waals surface area contributed by atoms with Gasteiger partial charge >= 0.3 is 0 Å². The zero-order valence-corrected chi connectivity index (χ0v) is 18.0. The van der Waals surface area contributed by atoms with Gasteiger partial charge in [-0.2, -0.15) is 0 Å². The lowest BCUT2D eigenvalue weighted by Gasteiger charge is -2.40. The molecule has 2 aliphatic rings. The number of ether oxygens (including phenoxy) is 4. The number of fused-ring (bicyclic) bond motifs is 7. The molecule has 0 aliphatic carbocycles. The summed E-state index contributed by atoms with van der Waals surface area (Å²) in [5.41, 5.74) is 2.81. The summed E-state index contributed by atoms with van der Waals surface area (Å²) in [6, 6.07) is 11.1. The van der Waals surface area contributed by atoms with E-state index in [1.165, 1.54) is 32.7 Å². The lowest BCUT2D eigenvalue weighted by atomic mass is 9.83. The molecule has 0 spiro atoms. The van der Waals surface area contributed by atoms with Crippen LogP contribution in [0.5, 0.6) is 17.2 Å². The molecule has 0 bridgehead atoms. The van der Waals surface area contributed by atoms with Crippen LogP contribution in [-0.4, -0.2) is 45.9 Å². The molecule has 0 N–H and O–H groups in total. The molecule has 5 rings (SSSR count). The summed E-state index contributed by atoms with van der Waals surface area (Å²) in [4.78, 5) is 2.54. The second-order valence-electron chi connectivity index (χ2n) is 7.99. The van der Waals surface area contributed by atoms with Gasteiger partial charge in [0.2, 0.25) is 0 Å². The van der Waals surface area contributed by atoms with E-state index in [0.717, 1.165) is 48.9 Å². The van der Waals surface area contributed by atoms with E-state index < -0.39 is 0 Å². The summed E-state index contributed by atoms with van der Waals surface area (Å²) in [6.45, 7) is 1.77. The van der Waals surface area contributed by atoms with Gasteiger partial charge in [-0.15, -0.1) is 0 Å². The van der Waals surface area contributed by atoms with E-state index in [0.29, 0.717) is 6.04 Å². The van der Waals surface area contributed by atoms with Crippen LogP contribution in [0.3, 0.4) is 0 Å². The number of nitrogens with zero attached hydrogens (tertiary/aromatic N) is 1. The zero-order chi connectivity index (χ0) is 20.8. The molecular weight excluding hydrogens is 378 g/mol. The Balaban J connectivity index is 1.79. The van der Waals surface area contributed by atoms with Crippen LogP contribution in [0.4, 0.5) is 0 Å². The molecule has 30 heavy (non-hydrogen) atoms. The number of benzene rings is 3. The van der Waals surface area contributed by atoms with Gasteiger partial charge in [-0.1, -0.05) is 6.07 Å². The van der Waals surface area contributed by atoms with Gasteiger partial charge in [-0.25, -0.2) is 0 Å². The zero-order valence-electron chi connectivity index (χ0n) is 18.0. The molecule has 5 heteroatoms. The van der Waals surface area contributed by atoms with Crippen LogP contribution >= 0.6 is 0 Å². The van der Waals surface area contributed by atoms with Gasteiger partial charge in [0.05, 0.1) is 35.0 Å². The molecule has 0 saturated carbocycles. The molecule has 0 unspecified atom stereocenters. The maximum atomic E-state index is 5.64. The van der Waals surface area contributed by atoms with Crippen molar-refractivity contribution in [2.24, 2.45) is 0 Å². The molecule has 3 aromatic rings. The quantitative estimate of drug-likeness (QED) is 0.590. The van der Waals surface area contributed by atoms with Crippen LogP contribution in [0.15, 0.2) is 42.2 Å². The first-order valence-electron chi connectivity index (χ1n) is 10.3. The normalized spacial score (nSPS) is 18.5. The first kappa shape index (κ1) is 19.1.